The van der Waals surface area contributed by atoms with Crippen molar-refractivity contribution in [3.05, 3.63) is 17.1 Å². The van der Waals surface area contributed by atoms with Crippen molar-refractivity contribution in [3.8, 4) is 0 Å². The largest absolute Gasteiger partial charge is 0.381 e. The van der Waals surface area contributed by atoms with Crippen molar-refractivity contribution in [1.29, 1.82) is 0 Å². The van der Waals surface area contributed by atoms with Crippen molar-refractivity contribution in [2.75, 3.05) is 31.2 Å². The van der Waals surface area contributed by atoms with E-state index < -0.39 is 0 Å². The molecule has 0 bridgehead atoms. The molecule has 2 aliphatic heterocycles. The van der Waals surface area contributed by atoms with Crippen LogP contribution in [-0.2, 0) is 17.6 Å². The van der Waals surface area contributed by atoms with Crippen molar-refractivity contribution in [1.82, 2.24) is 9.97 Å². The molecule has 23 heavy (non-hydrogen) atoms. The Morgan fingerprint density at radius 2 is 1.61 bits per heavy atom. The molecule has 1 aromatic rings. The lowest BCUT2D eigenvalue weighted by Crippen LogP contribution is -2.38. The van der Waals surface area contributed by atoms with E-state index in [-0.39, 0.29) is 0 Å². The fourth-order valence-corrected chi connectivity index (χ4v) is 4.73. The molecule has 0 radical (unpaired) electrons. The summed E-state index contributed by atoms with van der Waals surface area (Å²) in [5.41, 5.74) is 2.77. The van der Waals surface area contributed by atoms with Gasteiger partial charge in [0.2, 0.25) is 0 Å². The number of rotatable bonds is 2. The third-order valence-corrected chi connectivity index (χ3v) is 6.04. The van der Waals surface area contributed by atoms with Crippen LogP contribution in [0.15, 0.2) is 0 Å². The van der Waals surface area contributed by atoms with Gasteiger partial charge in [-0.2, -0.15) is 0 Å². The fraction of sp³-hybridized carbons (Fsp3) is 0.789. The molecule has 2 saturated heterocycles. The Morgan fingerprint density at radius 3 is 2.39 bits per heavy atom. The standard InChI is InChI=1S/C19H29N3O/c1-14-20-18-5-3-2-4-17(18)19(21-14)22-10-6-15(7-11-22)16-8-12-23-13-9-16/h15-16H,2-13H2,1H3. The molecule has 1 aliphatic carbocycles. The molecule has 0 N–H and O–H groups in total. The van der Waals surface area contributed by atoms with E-state index in [0.717, 1.165) is 37.3 Å². The summed E-state index contributed by atoms with van der Waals surface area (Å²) < 4.78 is 5.53. The minimum Gasteiger partial charge on any atom is -0.381 e. The molecule has 4 heteroatoms. The Hall–Kier alpha value is -1.16. The van der Waals surface area contributed by atoms with E-state index in [1.54, 1.807) is 0 Å². The van der Waals surface area contributed by atoms with Crippen LogP contribution in [0, 0.1) is 18.8 Å². The van der Waals surface area contributed by atoms with Crippen molar-refractivity contribution in [3.63, 3.8) is 0 Å². The molecule has 2 fully saturated rings. The van der Waals surface area contributed by atoms with Gasteiger partial charge in [-0.3, -0.25) is 0 Å². The summed E-state index contributed by atoms with van der Waals surface area (Å²) in [6, 6.07) is 0. The van der Waals surface area contributed by atoms with Crippen LogP contribution < -0.4 is 4.90 Å². The lowest BCUT2D eigenvalue weighted by atomic mass is 9.80. The molecule has 0 amide bonds. The smallest absolute Gasteiger partial charge is 0.135 e. The first kappa shape index (κ1) is 15.4. The first-order valence-corrected chi connectivity index (χ1v) is 9.50. The monoisotopic (exact) mass is 315 g/mol. The van der Waals surface area contributed by atoms with E-state index in [1.165, 1.54) is 75.1 Å². The van der Waals surface area contributed by atoms with Crippen LogP contribution in [0.2, 0.25) is 0 Å². The maximum Gasteiger partial charge on any atom is 0.135 e. The third kappa shape index (κ3) is 3.23. The van der Waals surface area contributed by atoms with Crippen LogP contribution in [0.4, 0.5) is 5.82 Å². The van der Waals surface area contributed by atoms with E-state index in [2.05, 4.69) is 4.90 Å². The molecule has 4 nitrogen and oxygen atoms in total. The van der Waals surface area contributed by atoms with Crippen LogP contribution >= 0.6 is 0 Å². The summed E-state index contributed by atoms with van der Waals surface area (Å²) in [5, 5.41) is 0. The van der Waals surface area contributed by atoms with Gasteiger partial charge in [0, 0.05) is 37.6 Å². The van der Waals surface area contributed by atoms with Gasteiger partial charge in [-0.15, -0.1) is 0 Å². The summed E-state index contributed by atoms with van der Waals surface area (Å²) in [6.45, 7) is 6.34. The second kappa shape index (κ2) is 6.76. The number of aryl methyl sites for hydroxylation is 2. The fourth-order valence-electron chi connectivity index (χ4n) is 4.73. The van der Waals surface area contributed by atoms with E-state index in [4.69, 9.17) is 14.7 Å². The molecule has 0 spiro atoms. The highest BCUT2D eigenvalue weighted by Crippen LogP contribution is 2.35. The summed E-state index contributed by atoms with van der Waals surface area (Å²) in [4.78, 5) is 12.1. The Labute approximate surface area is 139 Å². The molecule has 1 aromatic heterocycles. The normalized spacial score (nSPS) is 23.8. The van der Waals surface area contributed by atoms with Crippen LogP contribution in [0.5, 0.6) is 0 Å². The molecular weight excluding hydrogens is 286 g/mol. The highest BCUT2D eigenvalue weighted by molar-refractivity contribution is 5.50. The zero-order valence-corrected chi connectivity index (χ0v) is 14.4. The number of aromatic nitrogens is 2. The summed E-state index contributed by atoms with van der Waals surface area (Å²) in [7, 11) is 0. The van der Waals surface area contributed by atoms with Crippen molar-refractivity contribution >= 4 is 5.82 Å². The molecule has 4 rings (SSSR count). The molecule has 0 unspecified atom stereocenters. The maximum atomic E-state index is 5.53. The topological polar surface area (TPSA) is 38.2 Å². The maximum absolute atomic E-state index is 5.53. The number of anilines is 1. The Kier molecular flexibility index (Phi) is 4.52. The van der Waals surface area contributed by atoms with E-state index >= 15 is 0 Å². The highest BCUT2D eigenvalue weighted by Gasteiger charge is 2.30. The van der Waals surface area contributed by atoms with Crippen molar-refractivity contribution in [2.45, 2.75) is 58.3 Å². The van der Waals surface area contributed by atoms with Gasteiger partial charge < -0.3 is 9.64 Å². The molecule has 0 atom stereocenters. The van der Waals surface area contributed by atoms with Gasteiger partial charge in [-0.05, 0) is 70.1 Å². The Morgan fingerprint density at radius 1 is 0.913 bits per heavy atom. The zero-order chi connectivity index (χ0) is 15.6. The van der Waals surface area contributed by atoms with Crippen LogP contribution in [0.25, 0.3) is 0 Å². The second-order valence-corrected chi connectivity index (χ2v) is 7.50. The van der Waals surface area contributed by atoms with Gasteiger partial charge in [-0.25, -0.2) is 9.97 Å². The van der Waals surface area contributed by atoms with Gasteiger partial charge in [-0.1, -0.05) is 0 Å². The Balaban J connectivity index is 1.47. The predicted molar refractivity (Wildman–Crippen MR) is 91.9 cm³/mol. The van der Waals surface area contributed by atoms with Gasteiger partial charge in [0.1, 0.15) is 11.6 Å². The highest BCUT2D eigenvalue weighted by atomic mass is 16.5. The average molecular weight is 315 g/mol. The molecule has 3 heterocycles. The van der Waals surface area contributed by atoms with E-state index in [0.29, 0.717) is 0 Å². The second-order valence-electron chi connectivity index (χ2n) is 7.50. The molecular formula is C19H29N3O. The SMILES string of the molecule is Cc1nc2c(c(N3CCC(C4CCOCC4)CC3)n1)CCCC2. The van der Waals surface area contributed by atoms with Gasteiger partial charge in [0.15, 0.2) is 0 Å². The summed E-state index contributed by atoms with van der Waals surface area (Å²) >= 11 is 0. The number of piperidine rings is 1. The van der Waals surface area contributed by atoms with Gasteiger partial charge in [0.05, 0.1) is 0 Å². The first-order chi connectivity index (χ1) is 11.3. The van der Waals surface area contributed by atoms with Crippen LogP contribution in [0.1, 0.15) is 55.6 Å². The minimum atomic E-state index is 0.895. The lowest BCUT2D eigenvalue weighted by molar-refractivity contribution is 0.0418. The number of ether oxygens (including phenoxy) is 1. The Bertz CT molecular complexity index is 546. The van der Waals surface area contributed by atoms with E-state index in [1.807, 2.05) is 6.92 Å². The number of hydrogen-bond acceptors (Lipinski definition) is 4. The van der Waals surface area contributed by atoms with Crippen molar-refractivity contribution < 1.29 is 4.74 Å². The number of hydrogen-bond donors (Lipinski definition) is 0. The summed E-state index contributed by atoms with van der Waals surface area (Å²) in [6.07, 6.45) is 10.1. The van der Waals surface area contributed by atoms with Crippen LogP contribution in [0.3, 0.4) is 0 Å². The predicted octanol–water partition coefficient (Wildman–Crippen LogP) is 3.31. The average Bonchev–Trinajstić information content (AvgIpc) is 2.62. The third-order valence-electron chi connectivity index (χ3n) is 6.04. The zero-order valence-electron chi connectivity index (χ0n) is 14.4. The van der Waals surface area contributed by atoms with Crippen molar-refractivity contribution in [2.24, 2.45) is 11.8 Å². The van der Waals surface area contributed by atoms with Crippen LogP contribution in [-0.4, -0.2) is 36.3 Å². The minimum absolute atomic E-state index is 0.895. The quantitative estimate of drug-likeness (QED) is 0.839. The molecule has 3 aliphatic rings. The molecule has 0 aromatic carbocycles. The molecule has 0 saturated carbocycles. The van der Waals surface area contributed by atoms with Gasteiger partial charge in [0.25, 0.3) is 0 Å². The first-order valence-electron chi connectivity index (χ1n) is 9.50. The lowest BCUT2D eigenvalue weighted by Gasteiger charge is -2.39. The number of nitrogens with zero attached hydrogens (tertiary/aromatic N) is 3. The number of fused-ring (bicyclic) bond motifs is 1. The summed E-state index contributed by atoms with van der Waals surface area (Å²) in [5.74, 6) is 4.01. The molecule has 126 valence electrons. The van der Waals surface area contributed by atoms with E-state index in [9.17, 15) is 0 Å². The van der Waals surface area contributed by atoms with Gasteiger partial charge >= 0.3 is 0 Å².